The molecule has 2 unspecified atom stereocenters. The van der Waals surface area contributed by atoms with E-state index in [-0.39, 0.29) is 40.8 Å². The van der Waals surface area contributed by atoms with Gasteiger partial charge in [-0.1, -0.05) is 56.6 Å². The number of hydrogen-bond donors (Lipinski definition) is 1. The van der Waals surface area contributed by atoms with Gasteiger partial charge in [-0.3, -0.25) is 14.9 Å². The van der Waals surface area contributed by atoms with Gasteiger partial charge in [0.15, 0.2) is 6.73 Å². The standard InChI is InChI=1S/C24H27ClN4O4/c1-4-16(3)17-6-8-18(9-7-17)21(5-2)26-24(30)22-12-13-28(27-22)15-33-23-11-10-19(29(31)32)14-20(23)25/h6-14,16,21H,4-5,15H2,1-3H3,(H,26,30). The number of nitro benzene ring substituents is 1. The van der Waals surface area contributed by atoms with Crippen molar-refractivity contribution in [1.82, 2.24) is 15.1 Å². The average Bonchev–Trinajstić information content (AvgIpc) is 3.30. The highest BCUT2D eigenvalue weighted by atomic mass is 35.5. The number of nitro groups is 1. The van der Waals surface area contributed by atoms with Crippen LogP contribution in [-0.2, 0) is 6.73 Å². The molecule has 2 aromatic carbocycles. The van der Waals surface area contributed by atoms with Gasteiger partial charge in [-0.05, 0) is 42.0 Å². The molecule has 0 bridgehead atoms. The Morgan fingerprint density at radius 3 is 2.45 bits per heavy atom. The van der Waals surface area contributed by atoms with Crippen molar-refractivity contribution in [1.29, 1.82) is 0 Å². The fourth-order valence-corrected chi connectivity index (χ4v) is 3.59. The van der Waals surface area contributed by atoms with Gasteiger partial charge in [0.2, 0.25) is 0 Å². The molecular formula is C24H27ClN4O4. The van der Waals surface area contributed by atoms with E-state index in [9.17, 15) is 14.9 Å². The molecule has 1 N–H and O–H groups in total. The van der Waals surface area contributed by atoms with Crippen LogP contribution in [0.1, 0.15) is 67.2 Å². The third-order valence-corrected chi connectivity index (χ3v) is 5.88. The van der Waals surface area contributed by atoms with Gasteiger partial charge in [-0.25, -0.2) is 4.68 Å². The molecule has 1 aromatic heterocycles. The van der Waals surface area contributed by atoms with Crippen molar-refractivity contribution in [2.75, 3.05) is 0 Å². The lowest BCUT2D eigenvalue weighted by atomic mass is 9.95. The monoisotopic (exact) mass is 470 g/mol. The van der Waals surface area contributed by atoms with Crippen molar-refractivity contribution < 1.29 is 14.5 Å². The molecule has 0 aliphatic carbocycles. The first kappa shape index (κ1) is 24.3. The lowest BCUT2D eigenvalue weighted by Crippen LogP contribution is -2.28. The second kappa shape index (κ2) is 11.0. The van der Waals surface area contributed by atoms with E-state index in [1.807, 2.05) is 6.92 Å². The van der Waals surface area contributed by atoms with Gasteiger partial charge in [-0.15, -0.1) is 0 Å². The number of aromatic nitrogens is 2. The molecule has 0 saturated carbocycles. The van der Waals surface area contributed by atoms with Gasteiger partial charge in [0, 0.05) is 18.3 Å². The number of non-ortho nitro benzene ring substituents is 1. The molecule has 8 nitrogen and oxygen atoms in total. The number of carbonyl (C=O) groups excluding carboxylic acids is 1. The van der Waals surface area contributed by atoms with Gasteiger partial charge in [0.05, 0.1) is 16.0 Å². The summed E-state index contributed by atoms with van der Waals surface area (Å²) < 4.78 is 7.03. The molecule has 9 heteroatoms. The Bertz CT molecular complexity index is 1110. The highest BCUT2D eigenvalue weighted by Gasteiger charge is 2.17. The predicted octanol–water partition coefficient (Wildman–Crippen LogP) is 5.88. The molecule has 1 amide bonds. The van der Waals surface area contributed by atoms with Gasteiger partial charge >= 0.3 is 0 Å². The molecule has 0 fully saturated rings. The molecule has 0 saturated heterocycles. The van der Waals surface area contributed by atoms with Crippen LogP contribution in [0.25, 0.3) is 0 Å². The number of nitrogens with one attached hydrogen (secondary N) is 1. The molecule has 0 aliphatic heterocycles. The number of halogens is 1. The largest absolute Gasteiger partial charge is 0.470 e. The van der Waals surface area contributed by atoms with Crippen molar-refractivity contribution in [3.8, 4) is 5.75 Å². The van der Waals surface area contributed by atoms with Crippen molar-refractivity contribution in [3.63, 3.8) is 0 Å². The van der Waals surface area contributed by atoms with Crippen LogP contribution in [0.15, 0.2) is 54.7 Å². The fraction of sp³-hybridized carbons (Fsp3) is 0.333. The summed E-state index contributed by atoms with van der Waals surface area (Å²) >= 11 is 6.04. The summed E-state index contributed by atoms with van der Waals surface area (Å²) in [6.45, 7) is 6.38. The number of rotatable bonds is 10. The quantitative estimate of drug-likeness (QED) is 0.295. The number of nitrogens with zero attached hydrogens (tertiary/aromatic N) is 3. The Morgan fingerprint density at radius 1 is 1.15 bits per heavy atom. The zero-order chi connectivity index (χ0) is 24.0. The molecule has 1 heterocycles. The van der Waals surface area contributed by atoms with Crippen LogP contribution in [0, 0.1) is 10.1 Å². The maximum Gasteiger partial charge on any atom is 0.272 e. The molecule has 0 radical (unpaired) electrons. The summed E-state index contributed by atoms with van der Waals surface area (Å²) in [6, 6.07) is 13.8. The second-order valence-corrected chi connectivity index (χ2v) is 8.20. The van der Waals surface area contributed by atoms with Crippen LogP contribution >= 0.6 is 11.6 Å². The molecule has 174 valence electrons. The number of amides is 1. The summed E-state index contributed by atoms with van der Waals surface area (Å²) in [5, 5.41) is 18.2. The maximum absolute atomic E-state index is 12.7. The minimum atomic E-state index is -0.530. The van der Waals surface area contributed by atoms with Crippen LogP contribution in [0.2, 0.25) is 5.02 Å². The first-order valence-corrected chi connectivity index (χ1v) is 11.2. The molecule has 3 rings (SSSR count). The van der Waals surface area contributed by atoms with Crippen LogP contribution in [0.3, 0.4) is 0 Å². The van der Waals surface area contributed by atoms with E-state index in [1.165, 1.54) is 28.4 Å². The summed E-state index contributed by atoms with van der Waals surface area (Å²) in [5.41, 5.74) is 2.48. The minimum Gasteiger partial charge on any atom is -0.470 e. The highest BCUT2D eigenvalue weighted by Crippen LogP contribution is 2.29. The summed E-state index contributed by atoms with van der Waals surface area (Å²) in [7, 11) is 0. The van der Waals surface area contributed by atoms with Gasteiger partial charge in [-0.2, -0.15) is 5.10 Å². The van der Waals surface area contributed by atoms with E-state index in [4.69, 9.17) is 16.3 Å². The number of carbonyl (C=O) groups is 1. The summed E-state index contributed by atoms with van der Waals surface area (Å²) in [6.07, 6.45) is 3.45. The van der Waals surface area contributed by atoms with Gasteiger partial charge in [0.25, 0.3) is 11.6 Å². The predicted molar refractivity (Wildman–Crippen MR) is 127 cm³/mol. The van der Waals surface area contributed by atoms with Gasteiger partial charge < -0.3 is 10.1 Å². The van der Waals surface area contributed by atoms with Crippen molar-refractivity contribution in [2.24, 2.45) is 0 Å². The van der Waals surface area contributed by atoms with Crippen LogP contribution in [-0.4, -0.2) is 20.6 Å². The topological polar surface area (TPSA) is 99.3 Å². The van der Waals surface area contributed by atoms with Crippen LogP contribution in [0.5, 0.6) is 5.75 Å². The minimum absolute atomic E-state index is 0.000900. The molecule has 33 heavy (non-hydrogen) atoms. The van der Waals surface area contributed by atoms with E-state index in [0.717, 1.165) is 18.4 Å². The van der Waals surface area contributed by atoms with Gasteiger partial charge in [0.1, 0.15) is 11.4 Å². The van der Waals surface area contributed by atoms with Crippen LogP contribution in [0.4, 0.5) is 5.69 Å². The van der Waals surface area contributed by atoms with E-state index < -0.39 is 4.92 Å². The summed E-state index contributed by atoms with van der Waals surface area (Å²) in [4.78, 5) is 23.0. The third kappa shape index (κ3) is 6.10. The molecule has 0 spiro atoms. The molecular weight excluding hydrogens is 444 g/mol. The SMILES string of the molecule is CCC(C)c1ccc(C(CC)NC(=O)c2ccn(COc3ccc([N+](=O)[O-])cc3Cl)n2)cc1. The molecule has 3 aromatic rings. The first-order valence-electron chi connectivity index (χ1n) is 10.8. The fourth-order valence-electron chi connectivity index (χ4n) is 3.36. The normalized spacial score (nSPS) is 12.7. The van der Waals surface area contributed by atoms with Crippen LogP contribution < -0.4 is 10.1 Å². The Kier molecular flexibility index (Phi) is 8.06. The molecule has 0 aliphatic rings. The Labute approximate surface area is 197 Å². The summed E-state index contributed by atoms with van der Waals surface area (Å²) in [5.74, 6) is 0.511. The second-order valence-electron chi connectivity index (χ2n) is 7.80. The zero-order valence-corrected chi connectivity index (χ0v) is 19.6. The number of benzene rings is 2. The van der Waals surface area contributed by atoms with E-state index in [0.29, 0.717) is 5.92 Å². The zero-order valence-electron chi connectivity index (χ0n) is 18.8. The lowest BCUT2D eigenvalue weighted by Gasteiger charge is -2.18. The van der Waals surface area contributed by atoms with E-state index in [1.54, 1.807) is 12.3 Å². The lowest BCUT2D eigenvalue weighted by molar-refractivity contribution is -0.384. The highest BCUT2D eigenvalue weighted by molar-refractivity contribution is 6.32. The van der Waals surface area contributed by atoms with Crippen molar-refractivity contribution >= 4 is 23.2 Å². The number of hydrogen-bond acceptors (Lipinski definition) is 5. The number of ether oxygens (including phenoxy) is 1. The maximum atomic E-state index is 12.7. The smallest absolute Gasteiger partial charge is 0.272 e. The Morgan fingerprint density at radius 2 is 1.85 bits per heavy atom. The first-order chi connectivity index (χ1) is 15.8. The third-order valence-electron chi connectivity index (χ3n) is 5.59. The molecule has 2 atom stereocenters. The van der Waals surface area contributed by atoms with Crippen molar-refractivity contribution in [2.45, 2.75) is 52.3 Å². The Hall–Kier alpha value is -3.39. The average molecular weight is 471 g/mol. The van der Waals surface area contributed by atoms with Crippen molar-refractivity contribution in [3.05, 3.63) is 86.7 Å². The van der Waals surface area contributed by atoms with E-state index >= 15 is 0 Å². The Balaban J connectivity index is 1.61. The van der Waals surface area contributed by atoms with E-state index in [2.05, 4.69) is 48.5 Å².